The lowest BCUT2D eigenvalue weighted by atomic mass is 10.2. The number of nitrogens with one attached hydrogen (secondary N) is 1. The number of carbonyl (C=O) groups is 2. The quantitative estimate of drug-likeness (QED) is 0.627. The maximum atomic E-state index is 12.5. The zero-order chi connectivity index (χ0) is 19.9. The van der Waals surface area contributed by atoms with Crippen molar-refractivity contribution in [2.45, 2.75) is 37.7 Å². The summed E-state index contributed by atoms with van der Waals surface area (Å²) in [5.74, 6) is -1.18. The van der Waals surface area contributed by atoms with E-state index >= 15 is 0 Å². The summed E-state index contributed by atoms with van der Waals surface area (Å²) in [5.41, 5.74) is 0.0788. The second-order valence-corrected chi connectivity index (χ2v) is 8.07. The SMILES string of the molecule is CCN(CC)S(=O)(=O)c1cccc(C(=O)OCC(=O)NC[C@H]2CCCO2)c1. The minimum atomic E-state index is -3.67. The van der Waals surface area contributed by atoms with Crippen LogP contribution in [0.25, 0.3) is 0 Å². The standard InChI is InChI=1S/C18H26N2O6S/c1-3-20(4-2)27(23,24)16-9-5-7-14(11-16)18(22)26-13-17(21)19-12-15-8-6-10-25-15/h5,7,9,11,15H,3-4,6,8,10,12-13H2,1-2H3,(H,19,21)/t15-/m1/s1. The Morgan fingerprint density at radius 2 is 2.04 bits per heavy atom. The van der Waals surface area contributed by atoms with Crippen molar-refractivity contribution >= 4 is 21.9 Å². The normalized spacial score (nSPS) is 17.1. The van der Waals surface area contributed by atoms with E-state index in [2.05, 4.69) is 5.32 Å². The van der Waals surface area contributed by atoms with Gasteiger partial charge >= 0.3 is 5.97 Å². The number of hydrogen-bond donors (Lipinski definition) is 1. The molecule has 1 amide bonds. The van der Waals surface area contributed by atoms with Crippen LogP contribution in [0.15, 0.2) is 29.2 Å². The van der Waals surface area contributed by atoms with E-state index in [1.54, 1.807) is 13.8 Å². The Bertz CT molecular complexity index is 755. The molecule has 27 heavy (non-hydrogen) atoms. The van der Waals surface area contributed by atoms with Gasteiger partial charge in [-0.1, -0.05) is 19.9 Å². The number of rotatable bonds is 9. The van der Waals surface area contributed by atoms with Crippen LogP contribution in [-0.2, 0) is 24.3 Å². The molecule has 1 aliphatic rings. The molecule has 1 heterocycles. The molecule has 1 atom stereocenters. The largest absolute Gasteiger partial charge is 0.452 e. The summed E-state index contributed by atoms with van der Waals surface area (Å²) < 4.78 is 36.8. The molecular weight excluding hydrogens is 372 g/mol. The summed E-state index contributed by atoms with van der Waals surface area (Å²) in [5, 5.41) is 2.65. The summed E-state index contributed by atoms with van der Waals surface area (Å²) in [6.07, 6.45) is 1.88. The Hall–Kier alpha value is -1.97. The van der Waals surface area contributed by atoms with Gasteiger partial charge in [0.1, 0.15) is 0 Å². The molecule has 1 saturated heterocycles. The number of nitrogens with zero attached hydrogens (tertiary/aromatic N) is 1. The van der Waals surface area contributed by atoms with Gasteiger partial charge in [-0.2, -0.15) is 4.31 Å². The number of sulfonamides is 1. The van der Waals surface area contributed by atoms with Gasteiger partial charge in [0.15, 0.2) is 6.61 Å². The third-order valence-corrected chi connectivity index (χ3v) is 6.34. The monoisotopic (exact) mass is 398 g/mol. The molecule has 0 aliphatic carbocycles. The van der Waals surface area contributed by atoms with Crippen molar-refractivity contribution < 1.29 is 27.5 Å². The van der Waals surface area contributed by atoms with Crippen molar-refractivity contribution in [1.82, 2.24) is 9.62 Å². The van der Waals surface area contributed by atoms with Crippen molar-refractivity contribution in [3.05, 3.63) is 29.8 Å². The van der Waals surface area contributed by atoms with Crippen molar-refractivity contribution in [2.75, 3.05) is 32.8 Å². The summed E-state index contributed by atoms with van der Waals surface area (Å²) in [6, 6.07) is 5.62. The molecule has 0 unspecified atom stereocenters. The number of benzene rings is 1. The Morgan fingerprint density at radius 1 is 1.30 bits per heavy atom. The predicted molar refractivity (Wildman–Crippen MR) is 98.8 cm³/mol. The molecule has 0 radical (unpaired) electrons. The third-order valence-electron chi connectivity index (χ3n) is 4.30. The highest BCUT2D eigenvalue weighted by Gasteiger charge is 2.23. The van der Waals surface area contributed by atoms with Crippen molar-refractivity contribution in [2.24, 2.45) is 0 Å². The Labute approximate surface area is 159 Å². The van der Waals surface area contributed by atoms with E-state index in [0.29, 0.717) is 26.2 Å². The van der Waals surface area contributed by atoms with E-state index < -0.39 is 28.5 Å². The fraction of sp³-hybridized carbons (Fsp3) is 0.556. The second kappa shape index (κ2) is 9.82. The van der Waals surface area contributed by atoms with Crippen LogP contribution < -0.4 is 5.32 Å². The smallest absolute Gasteiger partial charge is 0.338 e. The van der Waals surface area contributed by atoms with Gasteiger partial charge in [0, 0.05) is 26.2 Å². The Balaban J connectivity index is 1.93. The number of esters is 1. The Kier molecular flexibility index (Phi) is 7.76. The van der Waals surface area contributed by atoms with Crippen molar-refractivity contribution in [3.63, 3.8) is 0 Å². The minimum absolute atomic E-state index is 0.00613. The fourth-order valence-corrected chi connectivity index (χ4v) is 4.30. The van der Waals surface area contributed by atoms with Crippen LogP contribution >= 0.6 is 0 Å². The van der Waals surface area contributed by atoms with Crippen LogP contribution in [-0.4, -0.2) is 63.6 Å². The minimum Gasteiger partial charge on any atom is -0.452 e. The molecule has 0 aromatic heterocycles. The lowest BCUT2D eigenvalue weighted by Gasteiger charge is -2.18. The van der Waals surface area contributed by atoms with Gasteiger partial charge in [-0.25, -0.2) is 13.2 Å². The first-order valence-corrected chi connectivity index (χ1v) is 10.5. The molecule has 0 saturated carbocycles. The van der Waals surface area contributed by atoms with E-state index in [-0.39, 0.29) is 16.6 Å². The molecule has 1 aromatic carbocycles. The molecule has 1 fully saturated rings. The van der Waals surface area contributed by atoms with E-state index in [1.807, 2.05) is 0 Å². The molecule has 150 valence electrons. The van der Waals surface area contributed by atoms with Crippen LogP contribution in [0.5, 0.6) is 0 Å². The Morgan fingerprint density at radius 3 is 2.67 bits per heavy atom. The van der Waals surface area contributed by atoms with Crippen molar-refractivity contribution in [3.8, 4) is 0 Å². The van der Waals surface area contributed by atoms with Crippen molar-refractivity contribution in [1.29, 1.82) is 0 Å². The highest BCUT2D eigenvalue weighted by atomic mass is 32.2. The lowest BCUT2D eigenvalue weighted by Crippen LogP contribution is -2.34. The zero-order valence-electron chi connectivity index (χ0n) is 15.6. The molecular formula is C18H26N2O6S. The van der Waals surface area contributed by atoms with Gasteiger partial charge in [-0.05, 0) is 31.0 Å². The van der Waals surface area contributed by atoms with Crippen LogP contribution in [0.1, 0.15) is 37.0 Å². The lowest BCUT2D eigenvalue weighted by molar-refractivity contribution is -0.124. The molecule has 1 aliphatic heterocycles. The first-order chi connectivity index (χ1) is 12.9. The molecule has 0 bridgehead atoms. The van der Waals surface area contributed by atoms with E-state index in [1.165, 1.54) is 28.6 Å². The molecule has 2 rings (SSSR count). The molecule has 9 heteroatoms. The fourth-order valence-electron chi connectivity index (χ4n) is 2.79. The maximum absolute atomic E-state index is 12.5. The molecule has 8 nitrogen and oxygen atoms in total. The second-order valence-electron chi connectivity index (χ2n) is 6.13. The average molecular weight is 398 g/mol. The highest BCUT2D eigenvalue weighted by molar-refractivity contribution is 7.89. The van der Waals surface area contributed by atoms with Gasteiger partial charge in [-0.3, -0.25) is 4.79 Å². The van der Waals surface area contributed by atoms with Crippen LogP contribution in [0.2, 0.25) is 0 Å². The number of hydrogen-bond acceptors (Lipinski definition) is 6. The predicted octanol–water partition coefficient (Wildman–Crippen LogP) is 1.17. The van der Waals surface area contributed by atoms with Gasteiger partial charge in [-0.15, -0.1) is 0 Å². The van der Waals surface area contributed by atoms with E-state index in [9.17, 15) is 18.0 Å². The van der Waals surface area contributed by atoms with Crippen LogP contribution in [0.4, 0.5) is 0 Å². The summed E-state index contributed by atoms with van der Waals surface area (Å²) in [7, 11) is -3.67. The molecule has 0 spiro atoms. The van der Waals surface area contributed by atoms with E-state index in [0.717, 1.165) is 12.8 Å². The zero-order valence-corrected chi connectivity index (χ0v) is 16.5. The van der Waals surface area contributed by atoms with Gasteiger partial charge in [0.25, 0.3) is 5.91 Å². The number of carbonyl (C=O) groups excluding carboxylic acids is 2. The van der Waals surface area contributed by atoms with Gasteiger partial charge in [0.05, 0.1) is 16.6 Å². The molecule has 1 N–H and O–H groups in total. The topological polar surface area (TPSA) is 102 Å². The number of ether oxygens (including phenoxy) is 2. The van der Waals surface area contributed by atoms with Gasteiger partial charge < -0.3 is 14.8 Å². The first kappa shape index (κ1) is 21.3. The summed E-state index contributed by atoms with van der Waals surface area (Å²) >= 11 is 0. The van der Waals surface area contributed by atoms with Crippen LogP contribution in [0.3, 0.4) is 0 Å². The van der Waals surface area contributed by atoms with Gasteiger partial charge in [0.2, 0.25) is 10.0 Å². The first-order valence-electron chi connectivity index (χ1n) is 9.04. The molecule has 1 aromatic rings. The number of amides is 1. The average Bonchev–Trinajstić information content (AvgIpc) is 3.19. The maximum Gasteiger partial charge on any atom is 0.338 e. The summed E-state index contributed by atoms with van der Waals surface area (Å²) in [6.45, 7) is 4.80. The third kappa shape index (κ3) is 5.75. The summed E-state index contributed by atoms with van der Waals surface area (Å²) in [4.78, 5) is 24.0. The van der Waals surface area contributed by atoms with Crippen LogP contribution in [0, 0.1) is 0 Å². The van der Waals surface area contributed by atoms with E-state index in [4.69, 9.17) is 9.47 Å². The highest BCUT2D eigenvalue weighted by Crippen LogP contribution is 2.17.